The molecule has 0 N–H and O–H groups in total. The molecular formula is C62H58N4O2. The second kappa shape index (κ2) is 16.1. The van der Waals surface area contributed by atoms with Crippen molar-refractivity contribution in [3.63, 3.8) is 0 Å². The lowest BCUT2D eigenvalue weighted by molar-refractivity contribution is 0.479. The van der Waals surface area contributed by atoms with E-state index in [1.54, 1.807) is 0 Å². The van der Waals surface area contributed by atoms with Crippen LogP contribution in [0.2, 0.25) is 0 Å². The first kappa shape index (κ1) is 43.0. The normalized spacial score (nSPS) is 13.2. The van der Waals surface area contributed by atoms with Gasteiger partial charge in [-0.25, -0.2) is 0 Å². The highest BCUT2D eigenvalue weighted by Gasteiger charge is 2.34. The van der Waals surface area contributed by atoms with Crippen molar-refractivity contribution in [1.29, 1.82) is 0 Å². The Morgan fingerprint density at radius 2 is 1.01 bits per heavy atom. The fourth-order valence-corrected chi connectivity index (χ4v) is 10.0. The SMILES string of the molecule is Cc1cc2c(cc1C)N(c1cc(C(C)(C)c3ccccc3)cc(C(C)(C)c3ccccc3)c1)CN2c1cc(Oc2ccc3c4ccccc4n(-c4nc5ccccc5o4)c3c2)cc(C(C)(C)C)c1. The first-order valence-corrected chi connectivity index (χ1v) is 23.8. The molecule has 0 aliphatic carbocycles. The summed E-state index contributed by atoms with van der Waals surface area (Å²) in [7, 11) is 0. The lowest BCUT2D eigenvalue weighted by Gasteiger charge is -2.33. The molecule has 6 heteroatoms. The Hall–Kier alpha value is -7.57. The van der Waals surface area contributed by atoms with Gasteiger partial charge in [-0.1, -0.05) is 146 Å². The number of anilines is 4. The van der Waals surface area contributed by atoms with Crippen LogP contribution in [0.5, 0.6) is 11.5 Å². The fourth-order valence-electron chi connectivity index (χ4n) is 10.0. The average molecular weight is 891 g/mol. The highest BCUT2D eigenvalue weighted by Crippen LogP contribution is 2.49. The molecule has 11 rings (SSSR count). The van der Waals surface area contributed by atoms with Crippen molar-refractivity contribution in [2.75, 3.05) is 16.5 Å². The third kappa shape index (κ3) is 7.40. The number of benzene rings is 8. The zero-order valence-electron chi connectivity index (χ0n) is 40.6. The molecule has 0 spiro atoms. The van der Waals surface area contributed by atoms with Crippen molar-refractivity contribution < 1.29 is 9.15 Å². The summed E-state index contributed by atoms with van der Waals surface area (Å²) in [5.41, 5.74) is 16.3. The molecule has 0 amide bonds. The topological polar surface area (TPSA) is 46.7 Å². The van der Waals surface area contributed by atoms with Crippen LogP contribution >= 0.6 is 0 Å². The molecule has 68 heavy (non-hydrogen) atoms. The standard InChI is InChI=1S/C62H58N4O2/c1-40-30-56-57(31-41(40)2)65(39-64(56)47-34-45(61(6,7)42-20-12-10-13-21-42)32-46(35-47)62(8,9)43-22-14-11-15-23-43)48-33-44(60(3,4)5)36-50(37-48)67-49-28-29-52-51-24-16-18-26-54(51)66(55(52)38-49)59-63-53-25-17-19-27-58(53)68-59/h10-38H,39H2,1-9H3. The van der Waals surface area contributed by atoms with Gasteiger partial charge in [0.25, 0.3) is 0 Å². The second-order valence-corrected chi connectivity index (χ2v) is 20.7. The summed E-state index contributed by atoms with van der Waals surface area (Å²) in [6, 6.07) is 63.8. The Morgan fingerprint density at radius 1 is 0.471 bits per heavy atom. The van der Waals surface area contributed by atoms with Crippen molar-refractivity contribution in [2.24, 2.45) is 0 Å². The first-order valence-electron chi connectivity index (χ1n) is 23.8. The highest BCUT2D eigenvalue weighted by atomic mass is 16.5. The molecule has 0 unspecified atom stereocenters. The van der Waals surface area contributed by atoms with Crippen LogP contribution in [0, 0.1) is 13.8 Å². The minimum atomic E-state index is -0.253. The third-order valence-electron chi connectivity index (χ3n) is 14.5. The molecule has 1 aliphatic heterocycles. The largest absolute Gasteiger partial charge is 0.457 e. The van der Waals surface area contributed by atoms with E-state index in [0.29, 0.717) is 12.7 Å². The number of hydrogen-bond donors (Lipinski definition) is 0. The Kier molecular flexibility index (Phi) is 10.2. The van der Waals surface area contributed by atoms with Crippen LogP contribution in [0.3, 0.4) is 0 Å². The highest BCUT2D eigenvalue weighted by molar-refractivity contribution is 6.09. The summed E-state index contributed by atoms with van der Waals surface area (Å²) in [6.07, 6.45) is 0. The van der Waals surface area contributed by atoms with Gasteiger partial charge < -0.3 is 19.0 Å². The summed E-state index contributed by atoms with van der Waals surface area (Å²) in [5.74, 6) is 1.51. The first-order chi connectivity index (χ1) is 32.6. The van der Waals surface area contributed by atoms with E-state index in [-0.39, 0.29) is 16.2 Å². The van der Waals surface area contributed by atoms with Gasteiger partial charge in [-0.05, 0) is 125 Å². The van der Waals surface area contributed by atoms with Gasteiger partial charge >= 0.3 is 6.01 Å². The van der Waals surface area contributed by atoms with E-state index < -0.39 is 0 Å². The molecule has 338 valence electrons. The van der Waals surface area contributed by atoms with Gasteiger partial charge in [-0.2, -0.15) is 4.98 Å². The maximum absolute atomic E-state index is 7.00. The van der Waals surface area contributed by atoms with Crippen LogP contribution in [-0.4, -0.2) is 16.2 Å². The van der Waals surface area contributed by atoms with E-state index in [9.17, 15) is 0 Å². The van der Waals surface area contributed by atoms with Gasteiger partial charge in [0.15, 0.2) is 5.58 Å². The third-order valence-corrected chi connectivity index (χ3v) is 14.5. The zero-order valence-corrected chi connectivity index (χ0v) is 40.6. The van der Waals surface area contributed by atoms with Crippen LogP contribution in [0.25, 0.3) is 38.9 Å². The number of ether oxygens (including phenoxy) is 1. The summed E-state index contributed by atoms with van der Waals surface area (Å²) in [4.78, 5) is 9.91. The maximum atomic E-state index is 7.00. The number of para-hydroxylation sites is 3. The van der Waals surface area contributed by atoms with Crippen molar-refractivity contribution in [2.45, 2.75) is 78.6 Å². The van der Waals surface area contributed by atoms with Crippen molar-refractivity contribution in [1.82, 2.24) is 9.55 Å². The van der Waals surface area contributed by atoms with Crippen LogP contribution in [0.1, 0.15) is 87.4 Å². The minimum absolute atomic E-state index is 0.155. The molecular weight excluding hydrogens is 833 g/mol. The molecule has 0 bridgehead atoms. The summed E-state index contributed by atoms with van der Waals surface area (Å²) < 4.78 is 15.5. The molecule has 3 heterocycles. The molecule has 0 radical (unpaired) electrons. The number of aromatic nitrogens is 2. The second-order valence-electron chi connectivity index (χ2n) is 20.7. The number of nitrogens with zero attached hydrogens (tertiary/aromatic N) is 4. The minimum Gasteiger partial charge on any atom is -0.457 e. The van der Waals surface area contributed by atoms with Crippen LogP contribution < -0.4 is 14.5 Å². The summed E-state index contributed by atoms with van der Waals surface area (Å²) in [5, 5.41) is 2.23. The molecule has 0 atom stereocenters. The van der Waals surface area contributed by atoms with Gasteiger partial charge in [0.1, 0.15) is 23.7 Å². The number of fused-ring (bicyclic) bond motifs is 5. The van der Waals surface area contributed by atoms with Gasteiger partial charge in [0.05, 0.1) is 22.4 Å². The van der Waals surface area contributed by atoms with Gasteiger partial charge in [-0.3, -0.25) is 4.57 Å². The zero-order chi connectivity index (χ0) is 47.1. The molecule has 0 saturated heterocycles. The van der Waals surface area contributed by atoms with Gasteiger partial charge in [-0.15, -0.1) is 0 Å². The Balaban J connectivity index is 1.03. The van der Waals surface area contributed by atoms with E-state index in [1.807, 2.05) is 24.3 Å². The average Bonchev–Trinajstić information content (AvgIpc) is 4.03. The predicted octanol–water partition coefficient (Wildman–Crippen LogP) is 16.5. The summed E-state index contributed by atoms with van der Waals surface area (Å²) in [6.45, 7) is 21.3. The van der Waals surface area contributed by atoms with Crippen molar-refractivity contribution in [3.05, 3.63) is 215 Å². The molecule has 2 aromatic heterocycles. The fraction of sp³-hybridized carbons (Fsp3) is 0.210. The van der Waals surface area contributed by atoms with Crippen molar-refractivity contribution >= 4 is 55.7 Å². The maximum Gasteiger partial charge on any atom is 0.307 e. The lowest BCUT2D eigenvalue weighted by atomic mass is 9.73. The molecule has 0 fully saturated rings. The Labute approximate surface area is 400 Å². The molecule has 8 aromatic carbocycles. The van der Waals surface area contributed by atoms with Crippen LogP contribution in [-0.2, 0) is 16.2 Å². The quantitative estimate of drug-likeness (QED) is 0.144. The lowest BCUT2D eigenvalue weighted by Crippen LogP contribution is -2.27. The smallest absolute Gasteiger partial charge is 0.307 e. The molecule has 0 saturated carbocycles. The summed E-state index contributed by atoms with van der Waals surface area (Å²) >= 11 is 0. The number of rotatable bonds is 9. The predicted molar refractivity (Wildman–Crippen MR) is 282 cm³/mol. The number of oxazole rings is 1. The van der Waals surface area contributed by atoms with Gasteiger partial charge in [0.2, 0.25) is 0 Å². The monoisotopic (exact) mass is 890 g/mol. The number of aryl methyl sites for hydroxylation is 2. The Morgan fingerprint density at radius 3 is 1.63 bits per heavy atom. The van der Waals surface area contributed by atoms with E-state index in [4.69, 9.17) is 14.1 Å². The van der Waals surface area contributed by atoms with Crippen LogP contribution in [0.15, 0.2) is 180 Å². The molecule has 10 aromatic rings. The van der Waals surface area contributed by atoms with E-state index in [0.717, 1.165) is 50.1 Å². The van der Waals surface area contributed by atoms with E-state index in [1.165, 1.54) is 56.0 Å². The number of hydrogen-bond acceptors (Lipinski definition) is 5. The van der Waals surface area contributed by atoms with Gasteiger partial charge in [0, 0.05) is 45.1 Å². The molecule has 1 aliphatic rings. The van der Waals surface area contributed by atoms with E-state index >= 15 is 0 Å². The Bertz CT molecular complexity index is 3430. The van der Waals surface area contributed by atoms with E-state index in [2.05, 4.69) is 228 Å². The molecule has 6 nitrogen and oxygen atoms in total. The van der Waals surface area contributed by atoms with Crippen LogP contribution in [0.4, 0.5) is 22.7 Å². The van der Waals surface area contributed by atoms with Crippen molar-refractivity contribution in [3.8, 4) is 17.5 Å².